The lowest BCUT2D eigenvalue weighted by Gasteiger charge is -2.34. The first-order chi connectivity index (χ1) is 16.2. The Kier molecular flexibility index (Phi) is 5.23. The quantitative estimate of drug-likeness (QED) is 0.590. The van der Waals surface area contributed by atoms with Crippen molar-refractivity contribution in [1.29, 1.82) is 5.26 Å². The summed E-state index contributed by atoms with van der Waals surface area (Å²) in [6.07, 6.45) is 13.4. The predicted molar refractivity (Wildman–Crippen MR) is 119 cm³/mol. The molecule has 2 atom stereocenters. The van der Waals surface area contributed by atoms with Gasteiger partial charge in [-0.1, -0.05) is 0 Å². The second kappa shape index (κ2) is 8.52. The highest BCUT2D eigenvalue weighted by Crippen LogP contribution is 2.35. The molecule has 2 saturated heterocycles. The predicted octanol–water partition coefficient (Wildman–Crippen LogP) is 3.13. The minimum absolute atomic E-state index is 0.0582. The van der Waals surface area contributed by atoms with Gasteiger partial charge in [-0.15, -0.1) is 0 Å². The van der Waals surface area contributed by atoms with Crippen LogP contribution in [0, 0.1) is 11.3 Å². The lowest BCUT2D eigenvalue weighted by Crippen LogP contribution is -2.42. The Morgan fingerprint density at radius 1 is 0.970 bits per heavy atom. The van der Waals surface area contributed by atoms with Gasteiger partial charge in [0.05, 0.1) is 36.4 Å². The Morgan fingerprint density at radius 3 is 2.36 bits per heavy atom. The monoisotopic (exact) mass is 446 g/mol. The molecular weight excluding hydrogens is 420 g/mol. The van der Waals surface area contributed by atoms with Gasteiger partial charge in [-0.2, -0.15) is 10.4 Å². The van der Waals surface area contributed by atoms with Crippen LogP contribution in [0.1, 0.15) is 44.1 Å². The average molecular weight is 447 g/mol. The zero-order valence-electron chi connectivity index (χ0n) is 18.3. The summed E-state index contributed by atoms with van der Waals surface area (Å²) in [7, 11) is 0. The molecule has 9 heteroatoms. The van der Waals surface area contributed by atoms with Crippen molar-refractivity contribution in [1.82, 2.24) is 19.6 Å². The maximum atomic E-state index is 9.61. The van der Waals surface area contributed by atoms with Crippen molar-refractivity contribution in [3.63, 3.8) is 0 Å². The standard InChI is InChI=1S/C24H26N6O3/c25-11-16-12-28-30-13-17(29-14-20-6-7-21(15-29)31-20)10-22(23(16)30)32-18-2-4-19(5-3-18)33-24-26-8-1-9-27-24/h1,8-10,12-13,18-21H,2-7,14-15H2. The van der Waals surface area contributed by atoms with E-state index in [1.165, 1.54) is 0 Å². The van der Waals surface area contributed by atoms with Crippen LogP contribution >= 0.6 is 0 Å². The van der Waals surface area contributed by atoms with E-state index in [-0.39, 0.29) is 12.2 Å². The van der Waals surface area contributed by atoms with Gasteiger partial charge in [-0.3, -0.25) is 0 Å². The number of pyridine rings is 1. The van der Waals surface area contributed by atoms with Crippen LogP contribution in [0.5, 0.6) is 11.8 Å². The van der Waals surface area contributed by atoms with E-state index in [9.17, 15) is 5.26 Å². The third-order valence-corrected chi connectivity index (χ3v) is 6.82. The van der Waals surface area contributed by atoms with Crippen molar-refractivity contribution in [2.75, 3.05) is 18.0 Å². The van der Waals surface area contributed by atoms with Gasteiger partial charge in [0.1, 0.15) is 29.0 Å². The molecule has 1 saturated carbocycles. The van der Waals surface area contributed by atoms with Crippen LogP contribution in [0.25, 0.3) is 5.52 Å². The number of hydrogen-bond acceptors (Lipinski definition) is 8. The van der Waals surface area contributed by atoms with Gasteiger partial charge in [0.25, 0.3) is 0 Å². The van der Waals surface area contributed by atoms with Crippen molar-refractivity contribution in [2.45, 2.75) is 62.9 Å². The molecule has 2 unspecified atom stereocenters. The number of aromatic nitrogens is 4. The normalized spacial score (nSPS) is 26.8. The van der Waals surface area contributed by atoms with E-state index < -0.39 is 0 Å². The maximum absolute atomic E-state index is 9.61. The molecule has 3 aromatic heterocycles. The molecular formula is C24H26N6O3. The third kappa shape index (κ3) is 4.07. The van der Waals surface area contributed by atoms with E-state index in [1.54, 1.807) is 29.2 Å². The number of hydrogen-bond donors (Lipinski definition) is 0. The van der Waals surface area contributed by atoms with Crippen molar-refractivity contribution in [3.05, 3.63) is 42.5 Å². The number of morpholine rings is 1. The van der Waals surface area contributed by atoms with Crippen molar-refractivity contribution >= 4 is 11.2 Å². The molecule has 0 aromatic carbocycles. The Morgan fingerprint density at radius 2 is 1.67 bits per heavy atom. The van der Waals surface area contributed by atoms with Crippen LogP contribution in [0.3, 0.4) is 0 Å². The van der Waals surface area contributed by atoms with Crippen LogP contribution in [0.2, 0.25) is 0 Å². The van der Waals surface area contributed by atoms with Gasteiger partial charge in [0.2, 0.25) is 0 Å². The van der Waals surface area contributed by atoms with E-state index in [2.05, 4.69) is 32.1 Å². The van der Waals surface area contributed by atoms with Gasteiger partial charge in [0, 0.05) is 31.5 Å². The van der Waals surface area contributed by atoms with Gasteiger partial charge in [0.15, 0.2) is 0 Å². The molecule has 170 valence electrons. The molecule has 3 aromatic rings. The molecule has 0 radical (unpaired) electrons. The van der Waals surface area contributed by atoms with Crippen molar-refractivity contribution in [2.24, 2.45) is 0 Å². The van der Waals surface area contributed by atoms with Crippen molar-refractivity contribution in [3.8, 4) is 17.8 Å². The van der Waals surface area contributed by atoms with Crippen LogP contribution in [-0.2, 0) is 4.74 Å². The molecule has 1 aliphatic carbocycles. The number of rotatable bonds is 5. The second-order valence-electron chi connectivity index (χ2n) is 9.05. The SMILES string of the molecule is N#Cc1cnn2cc(N3CC4CCC(C3)O4)cc(OC3CCC(Oc4ncccn4)CC3)c12. The summed E-state index contributed by atoms with van der Waals surface area (Å²) >= 11 is 0. The fraction of sp³-hybridized carbons (Fsp3) is 0.500. The lowest BCUT2D eigenvalue weighted by atomic mass is 9.95. The Labute approximate surface area is 191 Å². The molecule has 2 aliphatic heterocycles. The number of nitrogens with zero attached hydrogens (tertiary/aromatic N) is 6. The van der Waals surface area contributed by atoms with E-state index in [4.69, 9.17) is 14.2 Å². The molecule has 0 amide bonds. The Hall–Kier alpha value is -3.38. The summed E-state index contributed by atoms with van der Waals surface area (Å²) < 4.78 is 20.2. The molecule has 5 heterocycles. The highest BCUT2D eigenvalue weighted by atomic mass is 16.5. The summed E-state index contributed by atoms with van der Waals surface area (Å²) in [6, 6.07) is 6.53. The zero-order valence-corrected chi connectivity index (χ0v) is 18.3. The first-order valence-corrected chi connectivity index (χ1v) is 11.7. The first-order valence-electron chi connectivity index (χ1n) is 11.7. The van der Waals surface area contributed by atoms with Crippen LogP contribution in [0.4, 0.5) is 5.69 Å². The molecule has 0 spiro atoms. The topological polar surface area (TPSA) is 97.8 Å². The summed E-state index contributed by atoms with van der Waals surface area (Å²) in [5.41, 5.74) is 2.31. The maximum Gasteiger partial charge on any atom is 0.316 e. The summed E-state index contributed by atoms with van der Waals surface area (Å²) in [4.78, 5) is 10.7. The molecule has 3 aliphatic rings. The van der Waals surface area contributed by atoms with Gasteiger partial charge in [-0.25, -0.2) is 14.5 Å². The smallest absolute Gasteiger partial charge is 0.316 e. The van der Waals surface area contributed by atoms with Gasteiger partial charge >= 0.3 is 6.01 Å². The number of anilines is 1. The Bertz CT molecular complexity index is 1160. The summed E-state index contributed by atoms with van der Waals surface area (Å²) in [6.45, 7) is 1.75. The highest BCUT2D eigenvalue weighted by Gasteiger charge is 2.34. The van der Waals surface area contributed by atoms with Crippen molar-refractivity contribution < 1.29 is 14.2 Å². The van der Waals surface area contributed by atoms with E-state index in [1.807, 2.05) is 6.20 Å². The lowest BCUT2D eigenvalue weighted by molar-refractivity contribution is 0.0304. The summed E-state index contributed by atoms with van der Waals surface area (Å²) in [5.74, 6) is 0.719. The number of fused-ring (bicyclic) bond motifs is 3. The van der Waals surface area contributed by atoms with Crippen LogP contribution < -0.4 is 14.4 Å². The highest BCUT2D eigenvalue weighted by molar-refractivity contribution is 5.72. The number of ether oxygens (including phenoxy) is 3. The van der Waals surface area contributed by atoms with E-state index in [0.29, 0.717) is 23.8 Å². The fourth-order valence-electron chi connectivity index (χ4n) is 5.18. The van der Waals surface area contributed by atoms with Gasteiger partial charge < -0.3 is 19.1 Å². The van der Waals surface area contributed by atoms with E-state index in [0.717, 1.165) is 68.6 Å². The van der Waals surface area contributed by atoms with Crippen LogP contribution in [-0.4, -0.2) is 57.1 Å². The average Bonchev–Trinajstić information content (AvgIpc) is 3.43. The molecule has 3 fully saturated rings. The molecule has 33 heavy (non-hydrogen) atoms. The third-order valence-electron chi connectivity index (χ3n) is 6.82. The Balaban J connectivity index is 1.20. The molecule has 0 N–H and O–H groups in total. The molecule has 6 rings (SSSR count). The first kappa shape index (κ1) is 20.2. The number of nitriles is 1. The van der Waals surface area contributed by atoms with Crippen LogP contribution in [0.15, 0.2) is 36.9 Å². The largest absolute Gasteiger partial charge is 0.488 e. The second-order valence-corrected chi connectivity index (χ2v) is 9.05. The van der Waals surface area contributed by atoms with E-state index >= 15 is 0 Å². The van der Waals surface area contributed by atoms with Gasteiger partial charge in [-0.05, 0) is 44.6 Å². The summed E-state index contributed by atoms with van der Waals surface area (Å²) in [5, 5.41) is 14.0. The minimum atomic E-state index is 0.0582. The molecule has 2 bridgehead atoms. The molecule has 9 nitrogen and oxygen atoms in total. The zero-order chi connectivity index (χ0) is 22.2. The fourth-order valence-corrected chi connectivity index (χ4v) is 5.18. The minimum Gasteiger partial charge on any atom is -0.488 e.